The fourth-order valence-electron chi connectivity index (χ4n) is 1.80. The second-order valence-corrected chi connectivity index (χ2v) is 5.83. The molecule has 1 rings (SSSR count). The molecular weight excluding hydrogens is 246 g/mol. The minimum absolute atomic E-state index is 0.0450. The Hall–Kier alpha value is -1.56. The van der Waals surface area contributed by atoms with Gasteiger partial charge in [-0.1, -0.05) is 20.8 Å². The summed E-state index contributed by atoms with van der Waals surface area (Å²) in [5, 5.41) is 14.7. The molecule has 3 N–H and O–H groups in total. The zero-order valence-electron chi connectivity index (χ0n) is 12.0. The Labute approximate surface area is 113 Å². The summed E-state index contributed by atoms with van der Waals surface area (Å²) in [6.07, 6.45) is 2.06. The highest BCUT2D eigenvalue weighted by Crippen LogP contribution is 2.20. The molecule has 0 bridgehead atoms. The van der Waals surface area contributed by atoms with Crippen molar-refractivity contribution in [3.63, 3.8) is 0 Å². The van der Waals surface area contributed by atoms with Crippen molar-refractivity contribution in [2.45, 2.75) is 46.7 Å². The average Bonchev–Trinajstić information content (AvgIpc) is 2.69. The number of carbonyl (C=O) groups excluding carboxylic acids is 1. The van der Waals surface area contributed by atoms with Crippen molar-refractivity contribution in [3.05, 3.63) is 17.8 Å². The Morgan fingerprint density at radius 3 is 2.68 bits per heavy atom. The number of nitrogens with one attached hydrogen (secondary N) is 2. The Kier molecular flexibility index (Phi) is 5.35. The summed E-state index contributed by atoms with van der Waals surface area (Å²) >= 11 is 0. The molecule has 0 spiro atoms. The van der Waals surface area contributed by atoms with E-state index >= 15 is 0 Å². The van der Waals surface area contributed by atoms with Crippen LogP contribution < -0.4 is 10.6 Å². The fourth-order valence-corrected chi connectivity index (χ4v) is 1.80. The lowest BCUT2D eigenvalue weighted by molar-refractivity contribution is 0.190. The third-order valence-electron chi connectivity index (χ3n) is 2.68. The van der Waals surface area contributed by atoms with E-state index in [1.165, 1.54) is 6.39 Å². The zero-order valence-corrected chi connectivity index (χ0v) is 12.0. The lowest BCUT2D eigenvalue weighted by Gasteiger charge is -2.25. The summed E-state index contributed by atoms with van der Waals surface area (Å²) in [7, 11) is 0. The molecule has 0 fully saturated rings. The van der Waals surface area contributed by atoms with Crippen molar-refractivity contribution in [1.82, 2.24) is 15.6 Å². The Bertz CT molecular complexity index is 410. The molecule has 1 atom stereocenters. The predicted octanol–water partition coefficient (Wildman–Crippen LogP) is 1.58. The SMILES string of the molecule is Cc1ocnc1CNC(=O)NC(CO)CC(C)(C)C. The molecule has 6 nitrogen and oxygen atoms in total. The quantitative estimate of drug-likeness (QED) is 0.757. The van der Waals surface area contributed by atoms with Crippen molar-refractivity contribution in [3.8, 4) is 0 Å². The fraction of sp³-hybridized carbons (Fsp3) is 0.692. The van der Waals surface area contributed by atoms with E-state index in [2.05, 4.69) is 36.4 Å². The first-order valence-electron chi connectivity index (χ1n) is 6.36. The molecule has 0 aliphatic heterocycles. The van der Waals surface area contributed by atoms with Crippen LogP contribution in [0.15, 0.2) is 10.8 Å². The molecule has 1 aromatic rings. The van der Waals surface area contributed by atoms with Gasteiger partial charge in [-0.3, -0.25) is 0 Å². The van der Waals surface area contributed by atoms with Gasteiger partial charge >= 0.3 is 6.03 Å². The first-order valence-corrected chi connectivity index (χ1v) is 6.36. The van der Waals surface area contributed by atoms with Gasteiger partial charge in [0.25, 0.3) is 0 Å². The lowest BCUT2D eigenvalue weighted by atomic mass is 9.88. The minimum Gasteiger partial charge on any atom is -0.448 e. The molecule has 1 unspecified atom stereocenters. The van der Waals surface area contributed by atoms with Crippen LogP contribution in [0.4, 0.5) is 4.79 Å². The first kappa shape index (κ1) is 15.5. The highest BCUT2D eigenvalue weighted by Gasteiger charge is 2.19. The van der Waals surface area contributed by atoms with Gasteiger partial charge in [0.1, 0.15) is 11.5 Å². The summed E-state index contributed by atoms with van der Waals surface area (Å²) in [4.78, 5) is 15.7. The summed E-state index contributed by atoms with van der Waals surface area (Å²) in [5.74, 6) is 0.689. The first-order chi connectivity index (χ1) is 8.81. The maximum Gasteiger partial charge on any atom is 0.315 e. The molecule has 0 radical (unpaired) electrons. The smallest absolute Gasteiger partial charge is 0.315 e. The van der Waals surface area contributed by atoms with Gasteiger partial charge in [0.05, 0.1) is 19.2 Å². The molecule has 2 amide bonds. The summed E-state index contributed by atoms with van der Waals surface area (Å²) in [6.45, 7) is 8.21. The van der Waals surface area contributed by atoms with E-state index in [0.29, 0.717) is 24.4 Å². The molecule has 0 saturated carbocycles. The second-order valence-electron chi connectivity index (χ2n) is 5.83. The Morgan fingerprint density at radius 1 is 1.53 bits per heavy atom. The van der Waals surface area contributed by atoms with Gasteiger partial charge in [-0.25, -0.2) is 9.78 Å². The Balaban J connectivity index is 2.39. The third-order valence-corrected chi connectivity index (χ3v) is 2.68. The number of aliphatic hydroxyl groups excluding tert-OH is 1. The molecule has 108 valence electrons. The average molecular weight is 269 g/mol. The van der Waals surface area contributed by atoms with Crippen molar-refractivity contribution in [2.24, 2.45) is 5.41 Å². The maximum absolute atomic E-state index is 11.7. The highest BCUT2D eigenvalue weighted by molar-refractivity contribution is 5.74. The van der Waals surface area contributed by atoms with E-state index in [0.717, 1.165) is 0 Å². The monoisotopic (exact) mass is 269 g/mol. The maximum atomic E-state index is 11.7. The number of aromatic nitrogens is 1. The molecule has 1 heterocycles. The van der Waals surface area contributed by atoms with Crippen LogP contribution >= 0.6 is 0 Å². The molecule has 6 heteroatoms. The number of nitrogens with zero attached hydrogens (tertiary/aromatic N) is 1. The molecular formula is C13H23N3O3. The second kappa shape index (κ2) is 6.56. The van der Waals surface area contributed by atoms with Crippen LogP contribution in [0.3, 0.4) is 0 Å². The van der Waals surface area contributed by atoms with E-state index < -0.39 is 0 Å². The summed E-state index contributed by atoms with van der Waals surface area (Å²) in [5.41, 5.74) is 0.745. The summed E-state index contributed by atoms with van der Waals surface area (Å²) in [6, 6.07) is -0.566. The van der Waals surface area contributed by atoms with Gasteiger partial charge in [-0.2, -0.15) is 0 Å². The number of hydrogen-bond acceptors (Lipinski definition) is 4. The normalized spacial score (nSPS) is 13.1. The van der Waals surface area contributed by atoms with Crippen LogP contribution in [0.5, 0.6) is 0 Å². The van der Waals surface area contributed by atoms with Crippen molar-refractivity contribution >= 4 is 6.03 Å². The largest absolute Gasteiger partial charge is 0.448 e. The molecule has 19 heavy (non-hydrogen) atoms. The van der Waals surface area contributed by atoms with Crippen LogP contribution in [-0.2, 0) is 6.54 Å². The molecule has 0 aliphatic carbocycles. The Morgan fingerprint density at radius 2 is 2.21 bits per heavy atom. The van der Waals surface area contributed by atoms with E-state index in [-0.39, 0.29) is 24.1 Å². The number of hydrogen-bond donors (Lipinski definition) is 3. The number of aryl methyl sites for hydroxylation is 1. The van der Waals surface area contributed by atoms with Crippen LogP contribution in [0.25, 0.3) is 0 Å². The van der Waals surface area contributed by atoms with Crippen molar-refractivity contribution in [1.29, 1.82) is 0 Å². The number of rotatable bonds is 5. The minimum atomic E-state index is -0.314. The van der Waals surface area contributed by atoms with Crippen LogP contribution in [0.2, 0.25) is 0 Å². The van der Waals surface area contributed by atoms with Crippen LogP contribution in [-0.4, -0.2) is 28.8 Å². The van der Waals surface area contributed by atoms with Gasteiger partial charge in [0, 0.05) is 0 Å². The van der Waals surface area contributed by atoms with Gasteiger partial charge in [0.2, 0.25) is 0 Å². The topological polar surface area (TPSA) is 87.4 Å². The number of aliphatic hydroxyl groups is 1. The van der Waals surface area contributed by atoms with E-state index in [1.807, 2.05) is 0 Å². The molecule has 0 saturated heterocycles. The van der Waals surface area contributed by atoms with E-state index in [4.69, 9.17) is 4.42 Å². The number of oxazole rings is 1. The zero-order chi connectivity index (χ0) is 14.5. The van der Waals surface area contributed by atoms with Crippen LogP contribution in [0.1, 0.15) is 38.6 Å². The molecule has 1 aromatic heterocycles. The van der Waals surface area contributed by atoms with Crippen molar-refractivity contribution < 1.29 is 14.3 Å². The number of amides is 2. The molecule has 0 aliphatic rings. The van der Waals surface area contributed by atoms with Crippen LogP contribution in [0, 0.1) is 12.3 Å². The number of carbonyl (C=O) groups is 1. The van der Waals surface area contributed by atoms with Gasteiger partial charge in [0.15, 0.2) is 6.39 Å². The third kappa shape index (κ3) is 5.74. The van der Waals surface area contributed by atoms with E-state index in [1.54, 1.807) is 6.92 Å². The number of urea groups is 1. The molecule has 0 aromatic carbocycles. The van der Waals surface area contributed by atoms with E-state index in [9.17, 15) is 9.90 Å². The highest BCUT2D eigenvalue weighted by atomic mass is 16.3. The summed E-state index contributed by atoms with van der Waals surface area (Å²) < 4.78 is 5.04. The lowest BCUT2D eigenvalue weighted by Crippen LogP contribution is -2.45. The van der Waals surface area contributed by atoms with Gasteiger partial charge in [-0.15, -0.1) is 0 Å². The van der Waals surface area contributed by atoms with Gasteiger partial charge < -0.3 is 20.2 Å². The van der Waals surface area contributed by atoms with Crippen molar-refractivity contribution in [2.75, 3.05) is 6.61 Å². The standard InChI is InChI=1S/C13H23N3O3/c1-9-11(15-8-19-9)6-14-12(18)16-10(7-17)5-13(2,3)4/h8,10,17H,5-7H2,1-4H3,(H2,14,16,18). The van der Waals surface area contributed by atoms with Gasteiger partial charge in [-0.05, 0) is 18.8 Å². The predicted molar refractivity (Wildman–Crippen MR) is 71.6 cm³/mol.